The zero-order valence-electron chi connectivity index (χ0n) is 7.86. The van der Waals surface area contributed by atoms with Gasteiger partial charge >= 0.3 is 59.1 Å². The van der Waals surface area contributed by atoms with Gasteiger partial charge in [0.2, 0.25) is 0 Å². The van der Waals surface area contributed by atoms with Crippen LogP contribution in [-0.4, -0.2) is 11.3 Å². The maximum atomic E-state index is 8.79. The minimum absolute atomic E-state index is 0. The molecule has 14 heavy (non-hydrogen) atoms. The third-order valence-electron chi connectivity index (χ3n) is 0.852. The fourth-order valence-corrected chi connectivity index (χ4v) is 0.587. The molecular weight excluding hydrogens is 230 g/mol. The van der Waals surface area contributed by atoms with Crippen molar-refractivity contribution in [3.8, 4) is 5.75 Å². The van der Waals surface area contributed by atoms with E-state index in [0.717, 1.165) is 0 Å². The van der Waals surface area contributed by atoms with Crippen molar-refractivity contribution in [2.45, 2.75) is 0 Å². The van der Waals surface area contributed by atoms with Gasteiger partial charge in [0, 0.05) is 0 Å². The molecule has 1 aromatic carbocycles. The van der Waals surface area contributed by atoms with E-state index in [-0.39, 0.29) is 64.9 Å². The Kier molecular flexibility index (Phi) is 16.7. The summed E-state index contributed by atoms with van der Waals surface area (Å²) in [6.45, 7) is 0. The molecule has 0 saturated heterocycles. The smallest absolute Gasteiger partial charge is 0.652 e. The van der Waals surface area contributed by atoms with Crippen LogP contribution in [0.5, 0.6) is 5.75 Å². The molecule has 66 valence electrons. The number of para-hydroxylation sites is 1. The van der Waals surface area contributed by atoms with Crippen LogP contribution >= 0.6 is 11.6 Å². The Morgan fingerprint density at radius 1 is 1.21 bits per heavy atom. The predicted octanol–water partition coefficient (Wildman–Crippen LogP) is -6.39. The molecule has 0 aromatic heterocycles. The van der Waals surface area contributed by atoms with Crippen LogP contribution in [0.2, 0.25) is 5.02 Å². The van der Waals surface area contributed by atoms with E-state index in [4.69, 9.17) is 31.7 Å². The minimum Gasteiger partial charge on any atom is -0.652 e. The standard InChI is InChI=1S/C6H5ClO.CH2O3.2Na/c7-5-3-1-2-4-6(5)8;2-1(3)4;;/h1-4,8H;(H2,2,3,4);;/q;;2*+1/p-2. The van der Waals surface area contributed by atoms with Crippen LogP contribution in [0.4, 0.5) is 4.79 Å². The Morgan fingerprint density at radius 3 is 1.79 bits per heavy atom. The fraction of sp³-hybridized carbons (Fsp3) is 0. The second-order valence-electron chi connectivity index (χ2n) is 1.70. The quantitative estimate of drug-likeness (QED) is 0.453. The van der Waals surface area contributed by atoms with Crippen LogP contribution in [-0.2, 0) is 0 Å². The molecule has 4 nitrogen and oxygen atoms in total. The van der Waals surface area contributed by atoms with E-state index in [1.807, 2.05) is 0 Å². The summed E-state index contributed by atoms with van der Waals surface area (Å²) in [6, 6.07) is 6.67. The molecular formula is C7H5ClNa2O4. The Hall–Kier alpha value is 0.580. The zero-order valence-corrected chi connectivity index (χ0v) is 12.6. The van der Waals surface area contributed by atoms with Gasteiger partial charge in [-0.2, -0.15) is 0 Å². The van der Waals surface area contributed by atoms with Gasteiger partial charge < -0.3 is 20.1 Å². The number of carbonyl (C=O) groups excluding carboxylic acids is 1. The van der Waals surface area contributed by atoms with E-state index in [2.05, 4.69) is 0 Å². The summed E-state index contributed by atoms with van der Waals surface area (Å²) < 4.78 is 0. The number of hydrogen-bond acceptors (Lipinski definition) is 4. The first-order chi connectivity index (χ1) is 5.54. The first kappa shape index (κ1) is 20.1. The van der Waals surface area contributed by atoms with Gasteiger partial charge in [-0.3, -0.25) is 0 Å². The molecule has 0 aliphatic heterocycles. The Balaban J connectivity index is -0.000000180. The molecule has 0 aliphatic rings. The van der Waals surface area contributed by atoms with E-state index >= 15 is 0 Å². The molecule has 0 atom stereocenters. The monoisotopic (exact) mass is 234 g/mol. The Bertz CT molecular complexity index is 245. The van der Waals surface area contributed by atoms with Gasteiger partial charge in [0.05, 0.1) is 5.02 Å². The minimum atomic E-state index is -2.33. The molecule has 0 fully saturated rings. The summed E-state index contributed by atoms with van der Waals surface area (Å²) in [4.78, 5) is 8.33. The Labute approximate surface area is 130 Å². The van der Waals surface area contributed by atoms with Gasteiger partial charge in [-0.1, -0.05) is 23.7 Å². The number of benzene rings is 1. The number of halogens is 1. The molecule has 1 N–H and O–H groups in total. The van der Waals surface area contributed by atoms with E-state index in [1.54, 1.807) is 24.3 Å². The van der Waals surface area contributed by atoms with Crippen LogP contribution < -0.4 is 69.3 Å². The van der Waals surface area contributed by atoms with E-state index in [1.165, 1.54) is 0 Å². The molecule has 7 heteroatoms. The molecule has 0 bridgehead atoms. The van der Waals surface area contributed by atoms with Crippen molar-refractivity contribution in [3.05, 3.63) is 29.3 Å². The normalized spacial score (nSPS) is 6.93. The number of phenols is 1. The first-order valence-corrected chi connectivity index (χ1v) is 3.23. The second kappa shape index (κ2) is 11.7. The zero-order chi connectivity index (χ0) is 9.56. The largest absolute Gasteiger partial charge is 1.00 e. The first-order valence-electron chi connectivity index (χ1n) is 2.85. The van der Waals surface area contributed by atoms with Gasteiger partial charge in [0.25, 0.3) is 0 Å². The van der Waals surface area contributed by atoms with Crippen LogP contribution in [0, 0.1) is 0 Å². The average Bonchev–Trinajstić information content (AvgIpc) is 1.94. The van der Waals surface area contributed by atoms with Crippen molar-refractivity contribution in [2.24, 2.45) is 0 Å². The number of aromatic hydroxyl groups is 1. The van der Waals surface area contributed by atoms with Crippen molar-refractivity contribution in [1.29, 1.82) is 0 Å². The van der Waals surface area contributed by atoms with Crippen molar-refractivity contribution in [2.75, 3.05) is 0 Å². The van der Waals surface area contributed by atoms with Gasteiger partial charge in [-0.15, -0.1) is 0 Å². The molecule has 1 rings (SSSR count). The number of hydrogen-bond donors (Lipinski definition) is 1. The van der Waals surface area contributed by atoms with Gasteiger partial charge in [-0.05, 0) is 18.3 Å². The number of carbonyl (C=O) groups is 1. The van der Waals surface area contributed by atoms with E-state index in [0.29, 0.717) is 5.02 Å². The summed E-state index contributed by atoms with van der Waals surface area (Å²) in [7, 11) is 0. The predicted molar refractivity (Wildman–Crippen MR) is 38.5 cm³/mol. The summed E-state index contributed by atoms with van der Waals surface area (Å²) in [5, 5.41) is 25.8. The Morgan fingerprint density at radius 2 is 1.57 bits per heavy atom. The molecule has 0 heterocycles. The molecule has 0 spiro atoms. The maximum absolute atomic E-state index is 8.79. The third kappa shape index (κ3) is 12.6. The van der Waals surface area contributed by atoms with E-state index in [9.17, 15) is 0 Å². The van der Waals surface area contributed by atoms with Crippen LogP contribution in [0.25, 0.3) is 0 Å². The topological polar surface area (TPSA) is 83.4 Å². The molecule has 0 unspecified atom stereocenters. The molecule has 0 amide bonds. The van der Waals surface area contributed by atoms with Crippen molar-refractivity contribution in [3.63, 3.8) is 0 Å². The number of rotatable bonds is 0. The number of carboxylic acid groups (broad SMARTS) is 2. The summed E-state index contributed by atoms with van der Waals surface area (Å²) >= 11 is 5.46. The van der Waals surface area contributed by atoms with Crippen molar-refractivity contribution >= 4 is 17.8 Å². The molecule has 1 aromatic rings. The van der Waals surface area contributed by atoms with Crippen LogP contribution in [0.3, 0.4) is 0 Å². The van der Waals surface area contributed by atoms with Gasteiger partial charge in [0.1, 0.15) is 5.75 Å². The molecule has 0 radical (unpaired) electrons. The second-order valence-corrected chi connectivity index (χ2v) is 2.11. The third-order valence-corrected chi connectivity index (χ3v) is 1.17. The molecule has 0 saturated carbocycles. The maximum Gasteiger partial charge on any atom is 1.00 e. The van der Waals surface area contributed by atoms with Crippen molar-refractivity contribution < 1.29 is 79.2 Å². The number of phenolic OH excluding ortho intramolecular Hbond substituents is 1. The summed E-state index contributed by atoms with van der Waals surface area (Å²) in [6.07, 6.45) is -2.33. The van der Waals surface area contributed by atoms with Crippen molar-refractivity contribution in [1.82, 2.24) is 0 Å². The fourth-order valence-electron chi connectivity index (χ4n) is 0.452. The summed E-state index contributed by atoms with van der Waals surface area (Å²) in [5.41, 5.74) is 0. The van der Waals surface area contributed by atoms with Crippen LogP contribution in [0.1, 0.15) is 0 Å². The summed E-state index contributed by atoms with van der Waals surface area (Å²) in [5.74, 6) is 0.133. The van der Waals surface area contributed by atoms with E-state index < -0.39 is 6.16 Å². The molecule has 0 aliphatic carbocycles. The van der Waals surface area contributed by atoms with Crippen LogP contribution in [0.15, 0.2) is 24.3 Å². The van der Waals surface area contributed by atoms with Gasteiger partial charge in [0.15, 0.2) is 0 Å². The van der Waals surface area contributed by atoms with Gasteiger partial charge in [-0.25, -0.2) is 0 Å². The average molecular weight is 235 g/mol. The SMILES string of the molecule is O=C([O-])[O-].Oc1ccccc1Cl.[Na+].[Na+].